The third kappa shape index (κ3) is 16.5. The Morgan fingerprint density at radius 3 is 1.28 bits per heavy atom. The molecule has 0 saturated carbocycles. The number of carbonyl (C=O) groups is 3. The van der Waals surface area contributed by atoms with E-state index in [-0.39, 0.29) is 88.7 Å². The van der Waals surface area contributed by atoms with Gasteiger partial charge in [-0.25, -0.2) is 0 Å². The zero-order chi connectivity index (χ0) is 12.6. The van der Waals surface area contributed by atoms with Gasteiger partial charge in [-0.05, 0) is 0 Å². The molecule has 0 aliphatic heterocycles. The van der Waals surface area contributed by atoms with Gasteiger partial charge < -0.3 is 34.8 Å². The number of rotatable bonds is 5. The number of hydrogen-bond donors (Lipinski definition) is 1. The molecule has 0 unspecified atom stereocenters. The molecule has 7 nitrogen and oxygen atoms in total. The van der Waals surface area contributed by atoms with E-state index in [9.17, 15) is 29.7 Å². The van der Waals surface area contributed by atoms with E-state index >= 15 is 0 Å². The Morgan fingerprint density at radius 2 is 1.17 bits per heavy atom. The number of hydrogen-bond acceptors (Lipinski definition) is 7. The van der Waals surface area contributed by atoms with Crippen molar-refractivity contribution in [2.75, 3.05) is 0 Å². The first kappa shape index (κ1) is 32.4. The molecule has 0 atom stereocenters. The Morgan fingerprint density at radius 1 is 0.944 bits per heavy atom. The van der Waals surface area contributed by atoms with E-state index in [1.807, 2.05) is 0 Å². The molecular weight excluding hydrogens is 485 g/mol. The second-order valence-corrected chi connectivity index (χ2v) is 2.42. The molecule has 0 aliphatic carbocycles. The van der Waals surface area contributed by atoms with Gasteiger partial charge >= 0.3 is 118 Å². The Labute approximate surface area is 186 Å². The fraction of sp³-hybridized carbons (Fsp3) is 0.500. The van der Waals surface area contributed by atoms with Crippen molar-refractivity contribution in [3.8, 4) is 0 Å². The van der Waals surface area contributed by atoms with Crippen LogP contribution in [0.4, 0.5) is 0 Å². The predicted molar refractivity (Wildman–Crippen MR) is 35.1 cm³/mol. The number of carbonyl (C=O) groups excluding carboxylic acids is 3. The van der Waals surface area contributed by atoms with Gasteiger partial charge in [0.05, 0.1) is 5.97 Å². The SMILES string of the molecule is O=C([O-])CC(O)(CC(=O)[O-])C(=O)[O-].[Cl][Au].[Na+].[Na+].[Na+]. The predicted octanol–water partition coefficient (Wildman–Crippen LogP) is -13.6. The molecule has 0 spiro atoms. The Kier molecular flexibility index (Phi) is 31.4. The summed E-state index contributed by atoms with van der Waals surface area (Å²) in [4.78, 5) is 30.0. The fourth-order valence-corrected chi connectivity index (χ4v) is 0.684. The van der Waals surface area contributed by atoms with Crippen LogP contribution in [0.15, 0.2) is 0 Å². The molecule has 0 saturated heterocycles. The summed E-state index contributed by atoms with van der Waals surface area (Å²) in [5.41, 5.74) is -2.97. The van der Waals surface area contributed by atoms with E-state index in [0.29, 0.717) is 0 Å². The molecule has 0 aromatic carbocycles. The van der Waals surface area contributed by atoms with Gasteiger partial charge in [0, 0.05) is 24.8 Å². The van der Waals surface area contributed by atoms with Gasteiger partial charge in [0.25, 0.3) is 0 Å². The van der Waals surface area contributed by atoms with Crippen molar-refractivity contribution in [3.63, 3.8) is 0 Å². The fourth-order valence-electron chi connectivity index (χ4n) is 0.684. The van der Waals surface area contributed by atoms with E-state index in [1.54, 1.807) is 20.0 Å². The van der Waals surface area contributed by atoms with E-state index in [1.165, 1.54) is 0 Å². The molecule has 92 valence electrons. The minimum atomic E-state index is -2.97. The molecule has 18 heavy (non-hydrogen) atoms. The monoisotopic (exact) mass is 490 g/mol. The molecule has 0 rings (SSSR count). The van der Waals surface area contributed by atoms with Gasteiger partial charge in [0.2, 0.25) is 0 Å². The molecule has 0 fully saturated rings. The Bertz CT molecular complexity index is 250. The second-order valence-electron chi connectivity index (χ2n) is 2.42. The number of aliphatic carboxylic acids is 3. The van der Waals surface area contributed by atoms with Crippen LogP contribution in [0.2, 0.25) is 0 Å². The first-order valence-electron chi connectivity index (χ1n) is 3.23. The van der Waals surface area contributed by atoms with Crippen molar-refractivity contribution in [2.45, 2.75) is 18.4 Å². The second kappa shape index (κ2) is 17.5. The van der Waals surface area contributed by atoms with Crippen LogP contribution in [-0.4, -0.2) is 28.6 Å². The summed E-state index contributed by atoms with van der Waals surface area (Å²) in [7, 11) is 4.58. The van der Waals surface area contributed by atoms with E-state index < -0.39 is 36.4 Å². The number of halogens is 1. The summed E-state index contributed by atoms with van der Waals surface area (Å²) in [5, 5.41) is 38.9. The van der Waals surface area contributed by atoms with Crippen LogP contribution in [-0.2, 0) is 34.4 Å². The number of aliphatic hydroxyl groups is 1. The molecule has 0 bridgehead atoms. The molecule has 0 heterocycles. The van der Waals surface area contributed by atoms with Crippen molar-refractivity contribution < 1.29 is 143 Å². The molecule has 0 amide bonds. The number of carboxylic acid groups (broad SMARTS) is 3. The zero-order valence-corrected chi connectivity index (χ0v) is 18.9. The summed E-state index contributed by atoms with van der Waals surface area (Å²) in [6, 6.07) is 0. The minimum absolute atomic E-state index is 0. The van der Waals surface area contributed by atoms with Crippen molar-refractivity contribution in [1.29, 1.82) is 0 Å². The maximum atomic E-state index is 10.1. The standard InChI is InChI=1S/C6H8O7.Au.ClH.3Na/c7-3(8)1-6(13,5(11)12)2-4(9)10;;;;;/h13H,1-2H2,(H,7,8)(H,9,10)(H,11,12);;1H;;;/q;+1;;3*+1/p-4. The third-order valence-corrected chi connectivity index (χ3v) is 1.25. The van der Waals surface area contributed by atoms with Crippen LogP contribution in [0.3, 0.4) is 0 Å². The summed E-state index contributed by atoms with van der Waals surface area (Å²) in [5.74, 6) is -5.98. The van der Waals surface area contributed by atoms with Crippen molar-refractivity contribution in [1.82, 2.24) is 0 Å². The molecule has 0 radical (unpaired) electrons. The van der Waals surface area contributed by atoms with Gasteiger partial charge in [-0.2, -0.15) is 0 Å². The molecule has 0 aliphatic rings. The minimum Gasteiger partial charge on any atom is 1.00 e. The normalized spacial score (nSPS) is 8.22. The third-order valence-electron chi connectivity index (χ3n) is 1.25. The average Bonchev–Trinajstić information content (AvgIpc) is 2.04. The van der Waals surface area contributed by atoms with E-state index in [0.717, 1.165) is 0 Å². The van der Waals surface area contributed by atoms with Gasteiger partial charge in [-0.15, -0.1) is 0 Å². The van der Waals surface area contributed by atoms with Crippen LogP contribution >= 0.6 is 9.19 Å². The molecule has 0 aromatic rings. The molecule has 1 N–H and O–H groups in total. The maximum Gasteiger partial charge on any atom is 1.00 e. The molecular formula is C6H5AuClNa3O7. The summed E-state index contributed by atoms with van der Waals surface area (Å²) in [6.07, 6.45) is -2.72. The zero-order valence-electron chi connectivity index (χ0n) is 9.99. The van der Waals surface area contributed by atoms with Crippen LogP contribution in [0.25, 0.3) is 0 Å². The van der Waals surface area contributed by atoms with Crippen LogP contribution < -0.4 is 104 Å². The Hall–Kier alpha value is 2.40. The van der Waals surface area contributed by atoms with Crippen LogP contribution in [0, 0.1) is 0 Å². The maximum absolute atomic E-state index is 10.1. The van der Waals surface area contributed by atoms with Gasteiger partial charge in [0.15, 0.2) is 0 Å². The quantitative estimate of drug-likeness (QED) is 0.378. The largest absolute Gasteiger partial charge is 1.00 e. The topological polar surface area (TPSA) is 141 Å². The average molecular weight is 490 g/mol. The molecule has 0 aromatic heterocycles. The van der Waals surface area contributed by atoms with E-state index in [2.05, 4.69) is 9.19 Å². The van der Waals surface area contributed by atoms with Crippen molar-refractivity contribution in [2.24, 2.45) is 0 Å². The van der Waals surface area contributed by atoms with Crippen LogP contribution in [0.1, 0.15) is 12.8 Å². The Balaban J connectivity index is -0.000000107. The number of carboxylic acids is 3. The summed E-state index contributed by atoms with van der Waals surface area (Å²) >= 11 is 1.75. The summed E-state index contributed by atoms with van der Waals surface area (Å²) < 4.78 is 0. The smallest absolute Gasteiger partial charge is 1.00 e. The van der Waals surface area contributed by atoms with Crippen molar-refractivity contribution in [3.05, 3.63) is 0 Å². The van der Waals surface area contributed by atoms with Gasteiger partial charge in [-0.1, -0.05) is 0 Å². The van der Waals surface area contributed by atoms with E-state index in [4.69, 9.17) is 5.11 Å². The first-order chi connectivity index (χ1) is 6.78. The van der Waals surface area contributed by atoms with Crippen LogP contribution in [0.5, 0.6) is 0 Å². The van der Waals surface area contributed by atoms with Gasteiger partial charge in [-0.3, -0.25) is 0 Å². The van der Waals surface area contributed by atoms with Gasteiger partial charge in [0.1, 0.15) is 5.60 Å². The first-order valence-corrected chi connectivity index (χ1v) is 5.91. The molecule has 12 heteroatoms. The summed E-state index contributed by atoms with van der Waals surface area (Å²) in [6.45, 7) is 0. The van der Waals surface area contributed by atoms with Crippen molar-refractivity contribution >= 4 is 27.1 Å².